The quantitative estimate of drug-likeness (QED) is 0.794. The maximum atomic E-state index is 11.6. The molecule has 0 saturated carbocycles. The smallest absolute Gasteiger partial charge is 0.254 e. The average molecular weight is 274 g/mol. The van der Waals surface area contributed by atoms with E-state index in [0.717, 1.165) is 0 Å². The van der Waals surface area contributed by atoms with Gasteiger partial charge in [0, 0.05) is 19.9 Å². The maximum absolute atomic E-state index is 11.6. The van der Waals surface area contributed by atoms with Gasteiger partial charge in [0.05, 0.1) is 5.69 Å². The highest BCUT2D eigenvalue weighted by molar-refractivity contribution is 9.10. The van der Waals surface area contributed by atoms with Gasteiger partial charge >= 0.3 is 0 Å². The summed E-state index contributed by atoms with van der Waals surface area (Å²) in [5.74, 6) is -0.284. The number of methoxy groups -OCH3 is 1. The molecule has 82 valence electrons. The van der Waals surface area contributed by atoms with Crippen LogP contribution >= 0.6 is 15.9 Å². The lowest BCUT2D eigenvalue weighted by molar-refractivity contribution is -0.125. The Morgan fingerprint density at radius 2 is 2.53 bits per heavy atom. The first-order chi connectivity index (χ1) is 7.19. The number of nitrogens with two attached hydrogens (primary N) is 1. The summed E-state index contributed by atoms with van der Waals surface area (Å²) in [4.78, 5) is 15.5. The van der Waals surface area contributed by atoms with Crippen molar-refractivity contribution in [1.82, 2.24) is 4.98 Å². The van der Waals surface area contributed by atoms with Crippen molar-refractivity contribution in [2.45, 2.75) is 6.10 Å². The zero-order valence-corrected chi connectivity index (χ0v) is 9.82. The average Bonchev–Trinajstić information content (AvgIpc) is 2.23. The largest absolute Gasteiger partial charge is 0.370 e. The molecular weight excluding hydrogens is 262 g/mol. The summed E-state index contributed by atoms with van der Waals surface area (Å²) in [6, 6.07) is 3.46. The Labute approximate surface area is 96.1 Å². The van der Waals surface area contributed by atoms with Crippen LogP contribution in [0.4, 0.5) is 5.69 Å². The van der Waals surface area contributed by atoms with E-state index < -0.39 is 6.10 Å². The first-order valence-corrected chi connectivity index (χ1v) is 5.12. The monoisotopic (exact) mass is 273 g/mol. The third-order valence-electron chi connectivity index (χ3n) is 1.81. The van der Waals surface area contributed by atoms with Crippen LogP contribution in [0.15, 0.2) is 22.9 Å². The fraction of sp³-hybridized carbons (Fsp3) is 0.333. The van der Waals surface area contributed by atoms with Crippen LogP contribution in [0, 0.1) is 0 Å². The second-order valence-electron chi connectivity index (χ2n) is 2.79. The van der Waals surface area contributed by atoms with Gasteiger partial charge in [0.2, 0.25) is 0 Å². The molecule has 1 aromatic rings. The van der Waals surface area contributed by atoms with Gasteiger partial charge in [-0.3, -0.25) is 4.79 Å². The zero-order valence-electron chi connectivity index (χ0n) is 8.24. The molecule has 0 spiro atoms. The van der Waals surface area contributed by atoms with Crippen molar-refractivity contribution < 1.29 is 9.53 Å². The zero-order chi connectivity index (χ0) is 11.3. The number of nitrogens with one attached hydrogen (secondary N) is 1. The van der Waals surface area contributed by atoms with Gasteiger partial charge in [-0.2, -0.15) is 0 Å². The van der Waals surface area contributed by atoms with E-state index in [0.29, 0.717) is 10.3 Å². The van der Waals surface area contributed by atoms with Crippen molar-refractivity contribution in [1.29, 1.82) is 0 Å². The Morgan fingerprint density at radius 3 is 3.07 bits per heavy atom. The molecule has 0 fully saturated rings. The number of amides is 1. The molecule has 0 aliphatic rings. The number of hydrogen-bond acceptors (Lipinski definition) is 4. The minimum absolute atomic E-state index is 0.139. The fourth-order valence-corrected chi connectivity index (χ4v) is 1.35. The molecule has 0 aliphatic heterocycles. The molecule has 5 nitrogen and oxygen atoms in total. The van der Waals surface area contributed by atoms with Gasteiger partial charge in [-0.15, -0.1) is 0 Å². The number of pyridine rings is 1. The van der Waals surface area contributed by atoms with Crippen molar-refractivity contribution in [2.24, 2.45) is 5.73 Å². The van der Waals surface area contributed by atoms with Crippen LogP contribution in [0.1, 0.15) is 0 Å². The normalized spacial score (nSPS) is 12.2. The van der Waals surface area contributed by atoms with Gasteiger partial charge in [-0.05, 0) is 28.1 Å². The fourth-order valence-electron chi connectivity index (χ4n) is 1.00. The molecule has 6 heteroatoms. The Morgan fingerprint density at radius 1 is 1.80 bits per heavy atom. The number of aromatic nitrogens is 1. The summed E-state index contributed by atoms with van der Waals surface area (Å²) in [7, 11) is 1.44. The molecule has 0 bridgehead atoms. The van der Waals surface area contributed by atoms with Gasteiger partial charge in [0.1, 0.15) is 10.7 Å². The van der Waals surface area contributed by atoms with Crippen LogP contribution in [0.5, 0.6) is 0 Å². The van der Waals surface area contributed by atoms with E-state index in [-0.39, 0.29) is 12.5 Å². The summed E-state index contributed by atoms with van der Waals surface area (Å²) in [6.07, 6.45) is 0.980. The van der Waals surface area contributed by atoms with Crippen molar-refractivity contribution in [3.8, 4) is 0 Å². The predicted molar refractivity (Wildman–Crippen MR) is 60.4 cm³/mol. The van der Waals surface area contributed by atoms with Crippen molar-refractivity contribution >= 4 is 27.5 Å². The molecule has 3 N–H and O–H groups in total. The number of rotatable bonds is 4. The summed E-state index contributed by atoms with van der Waals surface area (Å²) < 4.78 is 5.47. The van der Waals surface area contributed by atoms with E-state index >= 15 is 0 Å². The Kier molecular flexibility index (Phi) is 4.67. The molecule has 1 unspecified atom stereocenters. The summed E-state index contributed by atoms with van der Waals surface area (Å²) >= 11 is 3.22. The van der Waals surface area contributed by atoms with Crippen LogP contribution in [-0.2, 0) is 9.53 Å². The molecule has 1 rings (SSSR count). The molecule has 0 radical (unpaired) electrons. The second-order valence-corrected chi connectivity index (χ2v) is 3.54. The van der Waals surface area contributed by atoms with Crippen LogP contribution in [0.3, 0.4) is 0 Å². The third kappa shape index (κ3) is 3.26. The molecule has 15 heavy (non-hydrogen) atoms. The maximum Gasteiger partial charge on any atom is 0.254 e. The molecule has 1 aromatic heterocycles. The van der Waals surface area contributed by atoms with Crippen LogP contribution < -0.4 is 11.1 Å². The number of halogens is 1. The minimum atomic E-state index is -0.642. The Balaban J connectivity index is 2.70. The lowest BCUT2D eigenvalue weighted by Crippen LogP contribution is -2.36. The highest BCUT2D eigenvalue weighted by Crippen LogP contribution is 2.18. The van der Waals surface area contributed by atoms with Crippen LogP contribution in [0.25, 0.3) is 0 Å². The summed E-state index contributed by atoms with van der Waals surface area (Å²) in [5.41, 5.74) is 5.96. The molecule has 0 aliphatic carbocycles. The third-order valence-corrected chi connectivity index (χ3v) is 2.44. The minimum Gasteiger partial charge on any atom is -0.370 e. The van der Waals surface area contributed by atoms with Crippen molar-refractivity contribution in [3.63, 3.8) is 0 Å². The van der Waals surface area contributed by atoms with Crippen LogP contribution in [0.2, 0.25) is 0 Å². The van der Waals surface area contributed by atoms with Crippen molar-refractivity contribution in [3.05, 3.63) is 22.9 Å². The van der Waals surface area contributed by atoms with Gasteiger partial charge in [0.15, 0.2) is 0 Å². The molecule has 0 aromatic carbocycles. The van der Waals surface area contributed by atoms with Gasteiger partial charge < -0.3 is 15.8 Å². The highest BCUT2D eigenvalue weighted by Gasteiger charge is 2.16. The number of hydrogen-bond donors (Lipinski definition) is 2. The standard InChI is InChI=1S/C9H12BrN3O2/c1-15-7(5-11)9(14)13-6-3-2-4-12-8(6)10/h2-4,7H,5,11H2,1H3,(H,13,14). The molecule has 1 heterocycles. The topological polar surface area (TPSA) is 77.2 Å². The number of nitrogens with zero attached hydrogens (tertiary/aromatic N) is 1. The van der Waals surface area contributed by atoms with Crippen LogP contribution in [-0.4, -0.2) is 30.6 Å². The van der Waals surface area contributed by atoms with Gasteiger partial charge in [-0.1, -0.05) is 0 Å². The molecule has 0 saturated heterocycles. The van der Waals surface area contributed by atoms with E-state index in [1.54, 1.807) is 18.3 Å². The van der Waals surface area contributed by atoms with Gasteiger partial charge in [-0.25, -0.2) is 4.98 Å². The summed E-state index contributed by atoms with van der Waals surface area (Å²) in [5, 5.41) is 2.66. The first kappa shape index (κ1) is 12.1. The Bertz CT molecular complexity index is 342. The molecule has 1 amide bonds. The lowest BCUT2D eigenvalue weighted by Gasteiger charge is -2.13. The summed E-state index contributed by atoms with van der Waals surface area (Å²) in [6.45, 7) is 0.139. The number of carbonyl (C=O) groups is 1. The highest BCUT2D eigenvalue weighted by atomic mass is 79.9. The number of ether oxygens (including phenoxy) is 1. The second kappa shape index (κ2) is 5.79. The molecular formula is C9H12BrN3O2. The number of anilines is 1. The van der Waals surface area contributed by atoms with Gasteiger partial charge in [0.25, 0.3) is 5.91 Å². The number of carbonyl (C=O) groups excluding carboxylic acids is 1. The predicted octanol–water partition coefficient (Wildman–Crippen LogP) is 0.756. The van der Waals surface area contributed by atoms with E-state index in [1.165, 1.54) is 7.11 Å². The van der Waals surface area contributed by atoms with E-state index in [1.807, 2.05) is 0 Å². The lowest BCUT2D eigenvalue weighted by atomic mass is 10.3. The molecule has 1 atom stereocenters. The van der Waals surface area contributed by atoms with E-state index in [9.17, 15) is 4.79 Å². The first-order valence-electron chi connectivity index (χ1n) is 4.33. The van der Waals surface area contributed by atoms with E-state index in [4.69, 9.17) is 10.5 Å². The van der Waals surface area contributed by atoms with Crippen molar-refractivity contribution in [2.75, 3.05) is 19.0 Å². The Hall–Kier alpha value is -0.980. The van der Waals surface area contributed by atoms with E-state index in [2.05, 4.69) is 26.2 Å². The SMILES string of the molecule is COC(CN)C(=O)Nc1cccnc1Br.